The molecule has 0 unspecified atom stereocenters. The average Bonchev–Trinajstić information content (AvgIpc) is 3.47. The third-order valence-electron chi connectivity index (χ3n) is 6.49. The highest BCUT2D eigenvalue weighted by Crippen LogP contribution is 2.38. The molecule has 0 saturated heterocycles. The summed E-state index contributed by atoms with van der Waals surface area (Å²) in [6.45, 7) is 0. The number of para-hydroxylation sites is 3. The van der Waals surface area contributed by atoms with E-state index in [-0.39, 0.29) is 0 Å². The van der Waals surface area contributed by atoms with Gasteiger partial charge in [-0.05, 0) is 41.5 Å². The predicted molar refractivity (Wildman–Crippen MR) is 141 cm³/mol. The van der Waals surface area contributed by atoms with E-state index in [1.54, 1.807) is 0 Å². The Morgan fingerprint density at radius 1 is 0.412 bits per heavy atom. The molecule has 0 aliphatic heterocycles. The van der Waals surface area contributed by atoms with Gasteiger partial charge in [0.2, 0.25) is 0 Å². The highest BCUT2D eigenvalue weighted by Gasteiger charge is 2.12. The lowest BCUT2D eigenvalue weighted by Gasteiger charge is -2.05. The van der Waals surface area contributed by atoms with Gasteiger partial charge in [-0.2, -0.15) is 0 Å². The Hall–Kier alpha value is -4.70. The minimum atomic E-state index is 0.820. The minimum absolute atomic E-state index is 0.820. The number of azo groups is 1. The quantitative estimate of drug-likeness (QED) is 0.260. The molecular formula is C30H20N4. The number of benzene rings is 5. The number of hydrogen-bond acceptors (Lipinski definition) is 2. The van der Waals surface area contributed by atoms with Crippen LogP contribution in [0.4, 0.5) is 11.4 Å². The number of aromatic amines is 2. The van der Waals surface area contributed by atoms with Crippen LogP contribution >= 0.6 is 0 Å². The maximum absolute atomic E-state index is 4.78. The number of nitrogens with one attached hydrogen (secondary N) is 2. The van der Waals surface area contributed by atoms with Gasteiger partial charge in [-0.1, -0.05) is 78.9 Å². The third-order valence-corrected chi connectivity index (χ3v) is 6.49. The molecule has 4 nitrogen and oxygen atoms in total. The van der Waals surface area contributed by atoms with E-state index in [1.807, 2.05) is 30.3 Å². The van der Waals surface area contributed by atoms with E-state index in [4.69, 9.17) is 10.2 Å². The van der Waals surface area contributed by atoms with Crippen LogP contribution in [0.15, 0.2) is 119 Å². The van der Waals surface area contributed by atoms with E-state index in [0.717, 1.165) is 55.3 Å². The maximum Gasteiger partial charge on any atom is 0.110 e. The molecule has 2 aromatic heterocycles. The van der Waals surface area contributed by atoms with Crippen LogP contribution in [-0.4, -0.2) is 9.97 Å². The van der Waals surface area contributed by atoms with E-state index >= 15 is 0 Å². The zero-order valence-corrected chi connectivity index (χ0v) is 18.3. The van der Waals surface area contributed by atoms with Crippen LogP contribution in [0.5, 0.6) is 0 Å². The first kappa shape index (κ1) is 18.8. The maximum atomic E-state index is 4.78. The summed E-state index contributed by atoms with van der Waals surface area (Å²) in [4.78, 5) is 7.08. The van der Waals surface area contributed by atoms with Crippen LogP contribution in [0.25, 0.3) is 54.7 Å². The Balaban J connectivity index is 1.45. The molecule has 5 aromatic carbocycles. The molecule has 0 bridgehead atoms. The number of rotatable bonds is 3. The molecule has 0 atom stereocenters. The second-order valence-corrected chi connectivity index (χ2v) is 8.52. The monoisotopic (exact) mass is 436 g/mol. The van der Waals surface area contributed by atoms with E-state index in [1.165, 1.54) is 10.8 Å². The Kier molecular flexibility index (Phi) is 4.11. The molecule has 4 heteroatoms. The molecule has 0 spiro atoms. The first-order chi connectivity index (χ1) is 16.8. The Morgan fingerprint density at radius 2 is 1.00 bits per heavy atom. The summed E-state index contributed by atoms with van der Waals surface area (Å²) in [6.07, 6.45) is 0. The van der Waals surface area contributed by atoms with Gasteiger partial charge in [0, 0.05) is 32.6 Å². The first-order valence-electron chi connectivity index (χ1n) is 11.4. The van der Waals surface area contributed by atoms with Gasteiger partial charge in [0.1, 0.15) is 11.4 Å². The summed E-state index contributed by atoms with van der Waals surface area (Å²) >= 11 is 0. The lowest BCUT2D eigenvalue weighted by molar-refractivity contribution is 1.24. The van der Waals surface area contributed by atoms with Crippen molar-refractivity contribution in [3.8, 4) is 11.1 Å². The van der Waals surface area contributed by atoms with Crippen LogP contribution in [0.1, 0.15) is 0 Å². The molecule has 0 aliphatic carbocycles. The molecular weight excluding hydrogens is 416 g/mol. The molecule has 7 rings (SSSR count). The molecule has 0 aliphatic rings. The second-order valence-electron chi connectivity index (χ2n) is 8.52. The Bertz CT molecular complexity index is 1860. The van der Waals surface area contributed by atoms with Crippen LogP contribution < -0.4 is 0 Å². The number of H-pyrrole nitrogens is 2. The van der Waals surface area contributed by atoms with Crippen molar-refractivity contribution in [1.29, 1.82) is 0 Å². The summed E-state index contributed by atoms with van der Waals surface area (Å²) < 4.78 is 0. The van der Waals surface area contributed by atoms with Gasteiger partial charge in [-0.15, -0.1) is 10.2 Å². The van der Waals surface area contributed by atoms with Gasteiger partial charge in [0.25, 0.3) is 0 Å². The summed E-state index contributed by atoms with van der Waals surface area (Å²) in [7, 11) is 0. The van der Waals surface area contributed by atoms with Crippen molar-refractivity contribution in [1.82, 2.24) is 9.97 Å². The normalized spacial score (nSPS) is 12.0. The summed E-state index contributed by atoms with van der Waals surface area (Å²) in [5.74, 6) is 0. The van der Waals surface area contributed by atoms with Gasteiger partial charge in [-0.25, -0.2) is 0 Å². The molecule has 0 saturated carbocycles. The van der Waals surface area contributed by atoms with Crippen molar-refractivity contribution < 1.29 is 0 Å². The minimum Gasteiger partial charge on any atom is -0.353 e. The molecule has 34 heavy (non-hydrogen) atoms. The van der Waals surface area contributed by atoms with Gasteiger partial charge < -0.3 is 9.97 Å². The molecule has 0 radical (unpaired) electrons. The largest absolute Gasteiger partial charge is 0.353 e. The Labute approximate surface area is 195 Å². The third kappa shape index (κ3) is 2.93. The number of aromatic nitrogens is 2. The number of hydrogen-bond donors (Lipinski definition) is 2. The fourth-order valence-corrected chi connectivity index (χ4v) is 4.86. The zero-order valence-electron chi connectivity index (χ0n) is 18.3. The van der Waals surface area contributed by atoms with Crippen LogP contribution in [0.2, 0.25) is 0 Å². The van der Waals surface area contributed by atoms with Crippen molar-refractivity contribution in [2.24, 2.45) is 10.2 Å². The molecule has 0 fully saturated rings. The first-order valence-corrected chi connectivity index (χ1v) is 11.4. The van der Waals surface area contributed by atoms with Crippen molar-refractivity contribution in [2.75, 3.05) is 0 Å². The van der Waals surface area contributed by atoms with Crippen molar-refractivity contribution >= 4 is 55.0 Å². The van der Waals surface area contributed by atoms with E-state index in [2.05, 4.69) is 88.8 Å². The number of nitrogens with zero attached hydrogens (tertiary/aromatic N) is 2. The highest BCUT2D eigenvalue weighted by molar-refractivity contribution is 6.12. The van der Waals surface area contributed by atoms with Crippen LogP contribution in [-0.2, 0) is 0 Å². The molecule has 160 valence electrons. The fourth-order valence-electron chi connectivity index (χ4n) is 4.86. The number of fused-ring (bicyclic) bond motifs is 6. The second kappa shape index (κ2) is 7.42. The van der Waals surface area contributed by atoms with Gasteiger partial charge in [-0.3, -0.25) is 0 Å². The topological polar surface area (TPSA) is 56.3 Å². The average molecular weight is 437 g/mol. The molecule has 0 amide bonds. The van der Waals surface area contributed by atoms with Crippen LogP contribution in [0, 0.1) is 0 Å². The summed E-state index contributed by atoms with van der Waals surface area (Å²) in [6, 6.07) is 37.6. The van der Waals surface area contributed by atoms with E-state index < -0.39 is 0 Å². The molecule has 7 aromatic rings. The fraction of sp³-hybridized carbons (Fsp3) is 0. The van der Waals surface area contributed by atoms with Gasteiger partial charge in [0.05, 0.1) is 11.0 Å². The van der Waals surface area contributed by atoms with Gasteiger partial charge >= 0.3 is 0 Å². The standard InChI is InChI=1S/C30H20N4/c1-2-9-19(10-3-1)20-17-24-22-12-5-7-15-26(22)32-30(24)28(18-20)34-33-27-16-8-13-23-21-11-4-6-14-25(21)31-29(23)27/h1-18,31-32H. The van der Waals surface area contributed by atoms with Crippen molar-refractivity contribution in [3.63, 3.8) is 0 Å². The zero-order chi connectivity index (χ0) is 22.5. The summed E-state index contributed by atoms with van der Waals surface area (Å²) in [5, 5.41) is 14.2. The molecule has 2 N–H and O–H groups in total. The van der Waals surface area contributed by atoms with Crippen LogP contribution in [0.3, 0.4) is 0 Å². The highest BCUT2D eigenvalue weighted by atomic mass is 15.1. The SMILES string of the molecule is c1ccc(-c2cc(N=Nc3cccc4c3[nH]c3ccccc34)c3[nH]c4ccccc4c3c2)cc1. The van der Waals surface area contributed by atoms with Gasteiger partial charge in [0.15, 0.2) is 0 Å². The van der Waals surface area contributed by atoms with E-state index in [0.29, 0.717) is 0 Å². The lowest BCUT2D eigenvalue weighted by atomic mass is 10.0. The Morgan fingerprint density at radius 3 is 1.76 bits per heavy atom. The molecule has 2 heterocycles. The van der Waals surface area contributed by atoms with E-state index in [9.17, 15) is 0 Å². The summed E-state index contributed by atoms with van der Waals surface area (Å²) in [5.41, 5.74) is 8.11. The predicted octanol–water partition coefficient (Wildman–Crippen LogP) is 9.04. The smallest absolute Gasteiger partial charge is 0.110 e. The van der Waals surface area contributed by atoms with Crippen molar-refractivity contribution in [2.45, 2.75) is 0 Å². The van der Waals surface area contributed by atoms with Crippen molar-refractivity contribution in [3.05, 3.63) is 109 Å². The lowest BCUT2D eigenvalue weighted by Crippen LogP contribution is -1.79.